The van der Waals surface area contributed by atoms with E-state index in [1.807, 2.05) is 13.8 Å². The minimum absolute atomic E-state index is 0.0661. The lowest BCUT2D eigenvalue weighted by Gasteiger charge is -2.53. The molecule has 2 fully saturated rings. The fourth-order valence-corrected chi connectivity index (χ4v) is 2.69. The van der Waals surface area contributed by atoms with Gasteiger partial charge in [-0.3, -0.25) is 0 Å². The summed E-state index contributed by atoms with van der Waals surface area (Å²) in [4.78, 5) is 0. The second kappa shape index (κ2) is 4.62. The molecule has 2 rings (SSSR count). The molecule has 1 N–H and O–H groups in total. The monoisotopic (exact) mass is 279 g/mol. The number of alkyl halides is 3. The molecule has 0 amide bonds. The van der Waals surface area contributed by atoms with Gasteiger partial charge in [-0.2, -0.15) is 13.2 Å². The number of nitrogens with one attached hydrogen (secondary N) is 1. The van der Waals surface area contributed by atoms with Crippen LogP contribution in [0.15, 0.2) is 0 Å². The maximum absolute atomic E-state index is 12.9. The van der Waals surface area contributed by atoms with E-state index in [0.29, 0.717) is 18.9 Å². The van der Waals surface area contributed by atoms with Crippen molar-refractivity contribution in [1.82, 2.24) is 5.32 Å². The first-order chi connectivity index (χ1) is 8.58. The number of hydrogen-bond donors (Lipinski definition) is 1. The van der Waals surface area contributed by atoms with Crippen molar-refractivity contribution in [3.8, 4) is 0 Å². The number of rotatable bonds is 5. The molecule has 0 bridgehead atoms. The van der Waals surface area contributed by atoms with E-state index in [9.17, 15) is 13.2 Å². The van der Waals surface area contributed by atoms with E-state index in [-0.39, 0.29) is 30.4 Å². The molecular weight excluding hydrogens is 255 g/mol. The van der Waals surface area contributed by atoms with Crippen molar-refractivity contribution in [2.45, 2.75) is 70.8 Å². The molecule has 19 heavy (non-hydrogen) atoms. The molecular formula is C14H24F3NO. The van der Waals surface area contributed by atoms with E-state index >= 15 is 0 Å². The zero-order valence-electron chi connectivity index (χ0n) is 12.1. The van der Waals surface area contributed by atoms with Gasteiger partial charge in [-0.1, -0.05) is 27.7 Å². The van der Waals surface area contributed by atoms with Gasteiger partial charge < -0.3 is 10.1 Å². The van der Waals surface area contributed by atoms with Crippen LogP contribution in [-0.4, -0.2) is 30.5 Å². The number of ether oxygens (including phenoxy) is 1. The minimum Gasteiger partial charge on any atom is -0.377 e. The van der Waals surface area contributed by atoms with Gasteiger partial charge in [0.1, 0.15) is 5.54 Å². The molecule has 0 aromatic heterocycles. The lowest BCUT2D eigenvalue weighted by Crippen LogP contribution is -2.65. The topological polar surface area (TPSA) is 21.3 Å². The summed E-state index contributed by atoms with van der Waals surface area (Å²) < 4.78 is 44.6. The third-order valence-electron chi connectivity index (χ3n) is 4.55. The van der Waals surface area contributed by atoms with Crippen molar-refractivity contribution in [3.63, 3.8) is 0 Å². The Balaban J connectivity index is 1.88. The molecule has 2 aliphatic carbocycles. The summed E-state index contributed by atoms with van der Waals surface area (Å²) in [5, 5.41) is 2.85. The van der Waals surface area contributed by atoms with Crippen LogP contribution in [0.1, 0.15) is 47.0 Å². The Kier molecular flexibility index (Phi) is 3.67. The lowest BCUT2D eigenvalue weighted by molar-refractivity contribution is -0.185. The predicted molar refractivity (Wildman–Crippen MR) is 67.9 cm³/mol. The highest BCUT2D eigenvalue weighted by molar-refractivity contribution is 5.14. The highest BCUT2D eigenvalue weighted by atomic mass is 19.4. The van der Waals surface area contributed by atoms with E-state index < -0.39 is 11.7 Å². The van der Waals surface area contributed by atoms with E-state index in [2.05, 4.69) is 19.2 Å². The second-order valence-corrected chi connectivity index (χ2v) is 7.05. The summed E-state index contributed by atoms with van der Waals surface area (Å²) in [6, 6.07) is -0.103. The van der Waals surface area contributed by atoms with Gasteiger partial charge in [-0.25, -0.2) is 0 Å². The Morgan fingerprint density at radius 2 is 1.84 bits per heavy atom. The Morgan fingerprint density at radius 3 is 2.21 bits per heavy atom. The smallest absolute Gasteiger partial charge is 0.377 e. The largest absolute Gasteiger partial charge is 0.406 e. The van der Waals surface area contributed by atoms with Gasteiger partial charge in [0.05, 0.1) is 6.10 Å². The van der Waals surface area contributed by atoms with Crippen LogP contribution in [0.2, 0.25) is 0 Å². The van der Waals surface area contributed by atoms with Gasteiger partial charge in [0, 0.05) is 18.1 Å². The summed E-state index contributed by atoms with van der Waals surface area (Å²) >= 11 is 0. The van der Waals surface area contributed by atoms with Gasteiger partial charge in [0.2, 0.25) is 0 Å². The van der Waals surface area contributed by atoms with Crippen molar-refractivity contribution >= 4 is 0 Å². The van der Waals surface area contributed by atoms with Crippen LogP contribution in [0.25, 0.3) is 0 Å². The standard InChI is InChI=1S/C14H24F3NO/c1-9(2)8-19-11-7-10(12(11,3)4)18-13(5-6-13)14(15,16)17/h9-11,18H,5-8H2,1-4H3. The molecule has 112 valence electrons. The molecule has 0 saturated heterocycles. The quantitative estimate of drug-likeness (QED) is 0.831. The molecule has 0 spiro atoms. The van der Waals surface area contributed by atoms with Crippen molar-refractivity contribution < 1.29 is 17.9 Å². The first-order valence-electron chi connectivity index (χ1n) is 7.04. The number of halogens is 3. The van der Waals surface area contributed by atoms with Crippen LogP contribution in [0.4, 0.5) is 13.2 Å². The highest BCUT2D eigenvalue weighted by Gasteiger charge is 2.66. The van der Waals surface area contributed by atoms with Crippen LogP contribution in [-0.2, 0) is 4.74 Å². The van der Waals surface area contributed by atoms with E-state index in [0.717, 1.165) is 0 Å². The maximum atomic E-state index is 12.9. The Morgan fingerprint density at radius 1 is 1.26 bits per heavy atom. The second-order valence-electron chi connectivity index (χ2n) is 7.05. The summed E-state index contributed by atoms with van der Waals surface area (Å²) in [6.07, 6.45) is -2.97. The first-order valence-corrected chi connectivity index (χ1v) is 7.04. The van der Waals surface area contributed by atoms with Crippen LogP contribution in [0.3, 0.4) is 0 Å². The van der Waals surface area contributed by atoms with Gasteiger partial charge >= 0.3 is 6.18 Å². The average Bonchev–Trinajstić information content (AvgIpc) is 3.02. The molecule has 2 saturated carbocycles. The number of hydrogen-bond acceptors (Lipinski definition) is 2. The fourth-order valence-electron chi connectivity index (χ4n) is 2.69. The van der Waals surface area contributed by atoms with Gasteiger partial charge in [-0.05, 0) is 25.2 Å². The molecule has 0 heterocycles. The molecule has 2 unspecified atom stereocenters. The van der Waals surface area contributed by atoms with Crippen LogP contribution in [0.5, 0.6) is 0 Å². The first kappa shape index (κ1) is 15.1. The van der Waals surface area contributed by atoms with Crippen molar-refractivity contribution in [2.75, 3.05) is 6.61 Å². The predicted octanol–water partition coefficient (Wildman–Crippen LogP) is 3.51. The minimum atomic E-state index is -4.13. The van der Waals surface area contributed by atoms with E-state index in [1.54, 1.807) is 0 Å². The highest BCUT2D eigenvalue weighted by Crippen LogP contribution is 2.53. The molecule has 0 aromatic carbocycles. The van der Waals surface area contributed by atoms with Crippen LogP contribution >= 0.6 is 0 Å². The summed E-state index contributed by atoms with van der Waals surface area (Å²) in [5.41, 5.74) is -1.84. The van der Waals surface area contributed by atoms with Crippen molar-refractivity contribution in [3.05, 3.63) is 0 Å². The molecule has 2 atom stereocenters. The fraction of sp³-hybridized carbons (Fsp3) is 1.00. The summed E-state index contributed by atoms with van der Waals surface area (Å²) in [5.74, 6) is 0.452. The molecule has 5 heteroatoms. The van der Waals surface area contributed by atoms with Gasteiger partial charge in [-0.15, -0.1) is 0 Å². The Bertz CT molecular complexity index is 334. The van der Waals surface area contributed by atoms with E-state index in [4.69, 9.17) is 4.74 Å². The lowest BCUT2D eigenvalue weighted by atomic mass is 9.64. The normalized spacial score (nSPS) is 32.2. The third kappa shape index (κ3) is 2.77. The van der Waals surface area contributed by atoms with E-state index in [1.165, 1.54) is 0 Å². The van der Waals surface area contributed by atoms with Gasteiger partial charge in [0.15, 0.2) is 0 Å². The zero-order valence-corrected chi connectivity index (χ0v) is 12.1. The Labute approximate surface area is 113 Å². The maximum Gasteiger partial charge on any atom is 0.406 e. The van der Waals surface area contributed by atoms with Crippen LogP contribution in [0, 0.1) is 11.3 Å². The average molecular weight is 279 g/mol. The molecule has 0 aromatic rings. The molecule has 2 aliphatic rings. The SMILES string of the molecule is CC(C)COC1CC(NC2(C(F)(F)F)CC2)C1(C)C. The molecule has 0 aliphatic heterocycles. The Hall–Kier alpha value is -0.290. The van der Waals surface area contributed by atoms with Gasteiger partial charge in [0.25, 0.3) is 0 Å². The van der Waals surface area contributed by atoms with Crippen LogP contribution < -0.4 is 5.32 Å². The van der Waals surface area contributed by atoms with Crippen molar-refractivity contribution in [2.24, 2.45) is 11.3 Å². The molecule has 0 radical (unpaired) electrons. The zero-order chi connectivity index (χ0) is 14.5. The van der Waals surface area contributed by atoms with Crippen molar-refractivity contribution in [1.29, 1.82) is 0 Å². The summed E-state index contributed by atoms with van der Waals surface area (Å²) in [7, 11) is 0. The molecule has 2 nitrogen and oxygen atoms in total. The summed E-state index contributed by atoms with van der Waals surface area (Å²) in [6.45, 7) is 8.80. The third-order valence-corrected chi connectivity index (χ3v) is 4.55.